The molecule has 0 amide bonds. The van der Waals surface area contributed by atoms with E-state index < -0.39 is 0 Å². The Morgan fingerprint density at radius 1 is 1.00 bits per heavy atom. The molecule has 20 heavy (non-hydrogen) atoms. The second-order valence-electron chi connectivity index (χ2n) is 5.34. The van der Waals surface area contributed by atoms with E-state index in [-0.39, 0.29) is 17.9 Å². The van der Waals surface area contributed by atoms with Crippen LogP contribution in [0, 0.1) is 27.7 Å². The highest BCUT2D eigenvalue weighted by Gasteiger charge is 2.12. The molecular formula is C17H19NO2. The topological polar surface area (TPSA) is 39.1 Å². The highest BCUT2D eigenvalue weighted by Crippen LogP contribution is 2.16. The maximum Gasteiger partial charge on any atom is 0.251 e. The number of hydrogen-bond donors (Lipinski definition) is 0. The van der Waals surface area contributed by atoms with Crippen molar-refractivity contribution in [3.8, 4) is 0 Å². The van der Waals surface area contributed by atoms with Gasteiger partial charge in [-0.3, -0.25) is 9.59 Å². The van der Waals surface area contributed by atoms with Crippen LogP contribution in [-0.4, -0.2) is 10.4 Å². The first-order valence-corrected chi connectivity index (χ1v) is 6.66. The van der Waals surface area contributed by atoms with Gasteiger partial charge in [-0.1, -0.05) is 6.07 Å². The highest BCUT2D eigenvalue weighted by molar-refractivity contribution is 5.97. The summed E-state index contributed by atoms with van der Waals surface area (Å²) in [5.74, 6) is -0.0310. The molecule has 0 saturated heterocycles. The Labute approximate surface area is 118 Å². The summed E-state index contributed by atoms with van der Waals surface area (Å²) in [6, 6.07) is 7.30. The van der Waals surface area contributed by atoms with Crippen LogP contribution in [0.15, 0.2) is 35.3 Å². The lowest BCUT2D eigenvalue weighted by atomic mass is 9.98. The van der Waals surface area contributed by atoms with Gasteiger partial charge in [0.2, 0.25) is 0 Å². The molecule has 1 aromatic carbocycles. The van der Waals surface area contributed by atoms with Crippen LogP contribution >= 0.6 is 0 Å². The van der Waals surface area contributed by atoms with Crippen LogP contribution in [0.5, 0.6) is 0 Å². The zero-order valence-corrected chi connectivity index (χ0v) is 12.4. The largest absolute Gasteiger partial charge is 0.308 e. The Bertz CT molecular complexity index is 726. The molecule has 104 valence electrons. The summed E-state index contributed by atoms with van der Waals surface area (Å²) >= 11 is 0. The highest BCUT2D eigenvalue weighted by atomic mass is 16.1. The van der Waals surface area contributed by atoms with E-state index in [0.29, 0.717) is 5.56 Å². The Hall–Kier alpha value is -2.16. The van der Waals surface area contributed by atoms with Gasteiger partial charge < -0.3 is 4.57 Å². The lowest BCUT2D eigenvalue weighted by Gasteiger charge is -2.10. The molecule has 2 rings (SSSR count). The summed E-state index contributed by atoms with van der Waals surface area (Å²) in [4.78, 5) is 24.2. The van der Waals surface area contributed by atoms with Gasteiger partial charge in [-0.25, -0.2) is 0 Å². The molecule has 0 saturated carbocycles. The molecule has 0 aliphatic heterocycles. The molecule has 0 aliphatic rings. The molecule has 2 aromatic rings. The second kappa shape index (κ2) is 5.45. The maximum absolute atomic E-state index is 12.4. The second-order valence-corrected chi connectivity index (χ2v) is 5.34. The van der Waals surface area contributed by atoms with Gasteiger partial charge in [0.15, 0.2) is 5.78 Å². The number of nitrogens with zero attached hydrogens (tertiary/aromatic N) is 1. The van der Waals surface area contributed by atoms with Gasteiger partial charge >= 0.3 is 0 Å². The molecule has 3 nitrogen and oxygen atoms in total. The minimum absolute atomic E-state index is 0.0310. The van der Waals surface area contributed by atoms with Crippen LogP contribution < -0.4 is 5.56 Å². The minimum Gasteiger partial charge on any atom is -0.308 e. The first-order chi connectivity index (χ1) is 9.38. The summed E-state index contributed by atoms with van der Waals surface area (Å²) in [6.07, 6.45) is 1.67. The van der Waals surface area contributed by atoms with E-state index in [1.165, 1.54) is 10.1 Å². The van der Waals surface area contributed by atoms with E-state index >= 15 is 0 Å². The van der Waals surface area contributed by atoms with Gasteiger partial charge in [0.1, 0.15) is 0 Å². The van der Waals surface area contributed by atoms with Gasteiger partial charge in [-0.2, -0.15) is 0 Å². The lowest BCUT2D eigenvalue weighted by Crippen LogP contribution is -2.23. The molecule has 0 fully saturated rings. The number of carbonyl (C=O) groups is 1. The quantitative estimate of drug-likeness (QED) is 0.804. The molecular weight excluding hydrogens is 250 g/mol. The molecule has 1 heterocycles. The smallest absolute Gasteiger partial charge is 0.251 e. The van der Waals surface area contributed by atoms with Gasteiger partial charge in [0, 0.05) is 17.8 Å². The van der Waals surface area contributed by atoms with Gasteiger partial charge in [0.05, 0.1) is 6.54 Å². The number of hydrogen-bond acceptors (Lipinski definition) is 2. The van der Waals surface area contributed by atoms with Crippen molar-refractivity contribution in [2.45, 2.75) is 34.2 Å². The molecule has 0 bridgehead atoms. The van der Waals surface area contributed by atoms with Crippen molar-refractivity contribution in [2.75, 3.05) is 0 Å². The Balaban J connectivity index is 2.33. The van der Waals surface area contributed by atoms with E-state index in [0.717, 1.165) is 16.7 Å². The van der Waals surface area contributed by atoms with Crippen LogP contribution in [0.3, 0.4) is 0 Å². The monoisotopic (exact) mass is 269 g/mol. The summed E-state index contributed by atoms with van der Waals surface area (Å²) in [5.41, 5.74) is 4.68. The number of ketones is 1. The molecule has 0 radical (unpaired) electrons. The van der Waals surface area contributed by atoms with E-state index in [4.69, 9.17) is 0 Å². The first-order valence-electron chi connectivity index (χ1n) is 6.66. The minimum atomic E-state index is -0.139. The van der Waals surface area contributed by atoms with Crippen LogP contribution in [-0.2, 0) is 6.54 Å². The third kappa shape index (κ3) is 2.87. The van der Waals surface area contributed by atoms with Crippen LogP contribution in [0.25, 0.3) is 0 Å². The molecule has 0 aliphatic carbocycles. The van der Waals surface area contributed by atoms with Crippen LogP contribution in [0.1, 0.15) is 32.6 Å². The normalized spacial score (nSPS) is 10.6. The fourth-order valence-electron chi connectivity index (χ4n) is 2.24. The van der Waals surface area contributed by atoms with Gasteiger partial charge in [0.25, 0.3) is 5.56 Å². The molecule has 0 atom stereocenters. The number of benzene rings is 1. The standard InChI is InChI=1S/C17H19NO2/c1-11-5-6-18(17(20)7-11)10-16(19)15-9-13(3)12(2)8-14(15)4/h5-9H,10H2,1-4H3. The average Bonchev–Trinajstić information content (AvgIpc) is 2.37. The third-order valence-electron chi connectivity index (χ3n) is 3.61. The number of aryl methyl sites for hydroxylation is 4. The van der Waals surface area contributed by atoms with Crippen molar-refractivity contribution in [1.82, 2.24) is 4.57 Å². The van der Waals surface area contributed by atoms with E-state index in [2.05, 4.69) is 0 Å². The molecule has 0 unspecified atom stereocenters. The van der Waals surface area contributed by atoms with Crippen molar-refractivity contribution < 1.29 is 4.79 Å². The fraction of sp³-hybridized carbons (Fsp3) is 0.294. The molecule has 0 N–H and O–H groups in total. The van der Waals surface area contributed by atoms with E-state index in [1.807, 2.05) is 45.9 Å². The van der Waals surface area contributed by atoms with Crippen LogP contribution in [0.2, 0.25) is 0 Å². The van der Waals surface area contributed by atoms with Crippen molar-refractivity contribution in [1.29, 1.82) is 0 Å². The third-order valence-corrected chi connectivity index (χ3v) is 3.61. The number of carbonyl (C=O) groups excluding carboxylic acids is 1. The van der Waals surface area contributed by atoms with Crippen LogP contribution in [0.4, 0.5) is 0 Å². The predicted octanol–water partition coefficient (Wildman–Crippen LogP) is 2.96. The Kier molecular flexibility index (Phi) is 3.89. The summed E-state index contributed by atoms with van der Waals surface area (Å²) in [7, 11) is 0. The predicted molar refractivity (Wildman–Crippen MR) is 80.4 cm³/mol. The van der Waals surface area contributed by atoms with Crippen molar-refractivity contribution >= 4 is 5.78 Å². The number of aromatic nitrogens is 1. The summed E-state index contributed by atoms with van der Waals surface area (Å²) in [6.45, 7) is 7.89. The van der Waals surface area contributed by atoms with Crippen molar-refractivity contribution in [3.05, 3.63) is 68.6 Å². The fourth-order valence-corrected chi connectivity index (χ4v) is 2.24. The lowest BCUT2D eigenvalue weighted by molar-refractivity contribution is 0.0970. The first kappa shape index (κ1) is 14.3. The molecule has 1 aromatic heterocycles. The Morgan fingerprint density at radius 3 is 2.30 bits per heavy atom. The Morgan fingerprint density at radius 2 is 1.65 bits per heavy atom. The van der Waals surface area contributed by atoms with Crippen molar-refractivity contribution in [2.24, 2.45) is 0 Å². The SMILES string of the molecule is Cc1ccn(CC(=O)c2cc(C)c(C)cc2C)c(=O)c1. The summed E-state index contributed by atoms with van der Waals surface area (Å²) < 4.78 is 1.45. The number of rotatable bonds is 3. The molecule has 0 spiro atoms. The van der Waals surface area contributed by atoms with Crippen molar-refractivity contribution in [3.63, 3.8) is 0 Å². The van der Waals surface area contributed by atoms with E-state index in [1.54, 1.807) is 12.3 Å². The zero-order chi connectivity index (χ0) is 14.9. The maximum atomic E-state index is 12.4. The number of Topliss-reactive ketones (excluding diaryl/α,β-unsaturated/α-hetero) is 1. The van der Waals surface area contributed by atoms with Gasteiger partial charge in [-0.15, -0.1) is 0 Å². The molecule has 3 heteroatoms. The van der Waals surface area contributed by atoms with Gasteiger partial charge in [-0.05, 0) is 62.1 Å². The van der Waals surface area contributed by atoms with E-state index in [9.17, 15) is 9.59 Å². The number of pyridine rings is 1. The zero-order valence-electron chi connectivity index (χ0n) is 12.4. The summed E-state index contributed by atoms with van der Waals surface area (Å²) in [5, 5.41) is 0. The average molecular weight is 269 g/mol.